The van der Waals surface area contributed by atoms with Crippen LogP contribution in [-0.2, 0) is 20.0 Å². The Labute approximate surface area is 308 Å². The van der Waals surface area contributed by atoms with Gasteiger partial charge in [-0.25, -0.2) is 26.3 Å². The zero-order chi connectivity index (χ0) is 36.8. The molecule has 0 aliphatic heterocycles. The molecular formula is C32H42BBrN7O6S3. The number of nitrogens with two attached hydrogens (primary N) is 2. The monoisotopic (exact) mass is 806 g/mol. The molecule has 18 heteroatoms. The van der Waals surface area contributed by atoms with Gasteiger partial charge in [-0.05, 0) is 105 Å². The van der Waals surface area contributed by atoms with Crippen molar-refractivity contribution in [1.29, 1.82) is 0 Å². The number of nitrogen functional groups attached to an aromatic ring is 2. The van der Waals surface area contributed by atoms with Crippen molar-refractivity contribution in [1.82, 2.24) is 19.8 Å². The first-order chi connectivity index (χ1) is 23.6. The molecule has 2 aliphatic rings. The molecule has 2 aliphatic carbocycles. The quantitative estimate of drug-likeness (QED) is 0.0745. The van der Waals surface area contributed by atoms with E-state index < -0.39 is 20.0 Å². The molecule has 6 N–H and O–H groups in total. The Bertz CT molecular complexity index is 2000. The topological polar surface area (TPSA) is 209 Å². The van der Waals surface area contributed by atoms with Crippen molar-refractivity contribution < 1.29 is 25.9 Å². The van der Waals surface area contributed by atoms with E-state index in [0.29, 0.717) is 27.3 Å². The second-order valence-corrected chi connectivity index (χ2v) is 16.8. The Hall–Kier alpha value is -3.03. The van der Waals surface area contributed by atoms with E-state index in [9.17, 15) is 16.8 Å². The van der Waals surface area contributed by atoms with Gasteiger partial charge in [0.25, 0.3) is 0 Å². The maximum absolute atomic E-state index is 12.8. The standard InChI is InChI=1S/C16H20BrN3O3S.C16H21N3O3S.BHNS/c1-9-15(10(2)23-19-9)11-7-13(17)16(18)14(8-11)24(21,22)20-12-5-3-4-6-12;1-10-16(11(2)22-18-10)12-7-8-14(17)15(9-12)23(20,21)19-13-5-3-4-6-13;1-2-3/h7-8,12,20H,3-6,18H2,1-2H3;7-9,13,19H,3-6,17H2,1-2H3;3H. The molecule has 1 radical (unpaired) electrons. The number of aryl methyl sites for hydroxylation is 4. The van der Waals surface area contributed by atoms with E-state index in [4.69, 9.17) is 20.5 Å². The molecule has 2 fully saturated rings. The molecule has 269 valence electrons. The van der Waals surface area contributed by atoms with Crippen LogP contribution in [0.2, 0.25) is 0 Å². The van der Waals surface area contributed by atoms with Crippen molar-refractivity contribution in [3.8, 4) is 22.3 Å². The molecule has 2 saturated carbocycles. The predicted molar refractivity (Wildman–Crippen MR) is 202 cm³/mol. The van der Waals surface area contributed by atoms with Gasteiger partial charge < -0.3 is 20.5 Å². The van der Waals surface area contributed by atoms with E-state index >= 15 is 0 Å². The van der Waals surface area contributed by atoms with E-state index in [0.717, 1.165) is 73.8 Å². The molecule has 2 aromatic heterocycles. The molecule has 6 rings (SSSR count). The van der Waals surface area contributed by atoms with E-state index in [1.807, 2.05) is 13.8 Å². The van der Waals surface area contributed by atoms with E-state index in [1.165, 1.54) is 0 Å². The molecule has 13 nitrogen and oxygen atoms in total. The van der Waals surface area contributed by atoms with Crippen LogP contribution in [0.4, 0.5) is 11.4 Å². The summed E-state index contributed by atoms with van der Waals surface area (Å²) in [5.74, 6) is 1.29. The summed E-state index contributed by atoms with van der Waals surface area (Å²) in [6.07, 6.45) is 7.69. The fourth-order valence-electron chi connectivity index (χ4n) is 6.33. The van der Waals surface area contributed by atoms with Crippen LogP contribution in [0.15, 0.2) is 57.9 Å². The van der Waals surface area contributed by atoms with Crippen molar-refractivity contribution in [2.45, 2.75) is 101 Å². The minimum atomic E-state index is -3.69. The SMILES string of the molecule is Cc1noc(C)c1-c1cc(Br)c(N)c(S(=O)(=O)NC2CCCC2)c1.Cc1noc(C)c1-c1ccc(N)c(S(=O)(=O)NC2CCCC2)c1.[B]=NS. The number of benzene rings is 2. The van der Waals surface area contributed by atoms with Gasteiger partial charge in [-0.15, -0.1) is 0 Å². The number of halogens is 1. The first-order valence-corrected chi connectivity index (χ1v) is 20.2. The van der Waals surface area contributed by atoms with Gasteiger partial charge in [-0.2, -0.15) is 0 Å². The van der Waals surface area contributed by atoms with Crippen LogP contribution < -0.4 is 20.9 Å². The van der Waals surface area contributed by atoms with Crippen LogP contribution in [0.5, 0.6) is 0 Å². The Morgan fingerprint density at radius 3 is 1.64 bits per heavy atom. The van der Waals surface area contributed by atoms with Crippen molar-refractivity contribution in [2.24, 2.45) is 4.30 Å². The summed E-state index contributed by atoms with van der Waals surface area (Å²) >= 11 is 6.56. The Kier molecular flexibility index (Phi) is 13.5. The summed E-state index contributed by atoms with van der Waals surface area (Å²) in [6, 6.07) is 8.36. The zero-order valence-corrected chi connectivity index (χ0v) is 32.5. The second kappa shape index (κ2) is 17.0. The molecular weight excluding hydrogens is 765 g/mol. The molecule has 0 bridgehead atoms. The average Bonchev–Trinajstić information content (AvgIpc) is 3.86. The van der Waals surface area contributed by atoms with Gasteiger partial charge in [-0.1, -0.05) is 42.1 Å². The van der Waals surface area contributed by atoms with E-state index in [-0.39, 0.29) is 33.2 Å². The number of nitrogens with zero attached hydrogens (tertiary/aromatic N) is 3. The molecule has 0 saturated heterocycles. The number of aromatic nitrogens is 2. The Morgan fingerprint density at radius 2 is 1.20 bits per heavy atom. The predicted octanol–water partition coefficient (Wildman–Crippen LogP) is 6.47. The van der Waals surface area contributed by atoms with Gasteiger partial charge >= 0.3 is 24.8 Å². The van der Waals surface area contributed by atoms with Crippen molar-refractivity contribution in [3.63, 3.8) is 0 Å². The molecule has 0 amide bonds. The van der Waals surface area contributed by atoms with Gasteiger partial charge in [0.15, 0.2) is 0 Å². The van der Waals surface area contributed by atoms with Crippen LogP contribution in [0, 0.1) is 27.7 Å². The molecule has 0 spiro atoms. The normalized spacial score (nSPS) is 15.3. The number of hydrogen-bond donors (Lipinski definition) is 5. The first-order valence-electron chi connectivity index (χ1n) is 16.0. The third-order valence-electron chi connectivity index (χ3n) is 8.68. The van der Waals surface area contributed by atoms with Gasteiger partial charge in [0.1, 0.15) is 21.3 Å². The average molecular weight is 808 g/mol. The Morgan fingerprint density at radius 1 is 0.780 bits per heavy atom. The fourth-order valence-corrected chi connectivity index (χ4v) is 9.86. The van der Waals surface area contributed by atoms with Crippen LogP contribution in [0.1, 0.15) is 74.3 Å². The van der Waals surface area contributed by atoms with Gasteiger partial charge in [0.2, 0.25) is 20.0 Å². The summed E-state index contributed by atoms with van der Waals surface area (Å²) in [7, 11) is -3.00. The molecule has 50 heavy (non-hydrogen) atoms. The molecule has 0 unspecified atom stereocenters. The number of anilines is 2. The zero-order valence-electron chi connectivity index (χ0n) is 28.4. The van der Waals surface area contributed by atoms with Crippen LogP contribution >= 0.6 is 28.7 Å². The fraction of sp³-hybridized carbons (Fsp3) is 0.438. The number of hydrogen-bond acceptors (Lipinski definition) is 12. The van der Waals surface area contributed by atoms with Gasteiger partial charge in [-0.3, -0.25) is 0 Å². The second-order valence-electron chi connectivity index (χ2n) is 12.3. The summed E-state index contributed by atoms with van der Waals surface area (Å²) < 4.78 is 70.1. The van der Waals surface area contributed by atoms with Crippen LogP contribution in [0.25, 0.3) is 22.3 Å². The summed E-state index contributed by atoms with van der Waals surface area (Å²) in [5, 5.41) is 7.85. The van der Waals surface area contributed by atoms with E-state index in [1.54, 1.807) is 44.2 Å². The van der Waals surface area contributed by atoms with Crippen molar-refractivity contribution >= 4 is 67.8 Å². The summed E-state index contributed by atoms with van der Waals surface area (Å²) in [6.45, 7) is 7.25. The molecule has 2 heterocycles. The van der Waals surface area contributed by atoms with Gasteiger partial charge in [0, 0.05) is 27.7 Å². The van der Waals surface area contributed by atoms with Crippen LogP contribution in [-0.4, -0.2) is 46.9 Å². The number of sulfonamides is 2. The third-order valence-corrected chi connectivity index (χ3v) is 12.5. The summed E-state index contributed by atoms with van der Waals surface area (Å²) in [4.78, 5) is 0.195. The number of nitrogens with one attached hydrogen (secondary N) is 2. The summed E-state index contributed by atoms with van der Waals surface area (Å²) in [5.41, 5.74) is 16.9. The van der Waals surface area contributed by atoms with Gasteiger partial charge in [0.05, 0.1) is 22.8 Å². The molecule has 4 aromatic rings. The Balaban J connectivity index is 0.000000209. The maximum atomic E-state index is 12.8. The molecule has 2 aromatic carbocycles. The number of rotatable bonds is 8. The molecule has 0 atom stereocenters. The van der Waals surface area contributed by atoms with Crippen LogP contribution in [0.3, 0.4) is 0 Å². The van der Waals surface area contributed by atoms with Crippen molar-refractivity contribution in [2.75, 3.05) is 11.5 Å². The number of thiol groups is 1. The van der Waals surface area contributed by atoms with Crippen molar-refractivity contribution in [3.05, 3.63) is 57.7 Å². The third kappa shape index (κ3) is 9.44. The first kappa shape index (κ1) is 39.8. The van der Waals surface area contributed by atoms with E-state index in [2.05, 4.69) is 60.4 Å². The minimum absolute atomic E-state index is 0.00196.